The molecule has 1 saturated heterocycles. The van der Waals surface area contributed by atoms with Crippen molar-refractivity contribution < 1.29 is 14.6 Å². The molecule has 7 heteroatoms. The van der Waals surface area contributed by atoms with E-state index in [1.165, 1.54) is 0 Å². The molecule has 2 aliphatic rings. The highest BCUT2D eigenvalue weighted by molar-refractivity contribution is 6.30. The number of halogens is 1. The zero-order valence-corrected chi connectivity index (χ0v) is 18.0. The first-order chi connectivity index (χ1) is 14.5. The summed E-state index contributed by atoms with van der Waals surface area (Å²) in [6.45, 7) is 4.95. The summed E-state index contributed by atoms with van der Waals surface area (Å²) in [7, 11) is 0. The van der Waals surface area contributed by atoms with Gasteiger partial charge in [0.2, 0.25) is 5.95 Å². The molecular formula is C23H28ClN3O3. The standard InChI is InChI=1S/C23H28ClN3O3/c1-15(16-6-9-27(10-7-16)23-25-13-18(24)14-26-23)8-11-30-19-4-2-17(3-5-19)20-12-21(20)22(28)29/h2-5,13-16,20-21H,6-12H2,1H3,(H,28,29)/t15-,20?,21?/m1/s1. The van der Waals surface area contributed by atoms with Gasteiger partial charge in [-0.05, 0) is 61.1 Å². The Kier molecular flexibility index (Phi) is 6.42. The topological polar surface area (TPSA) is 75.6 Å². The third kappa shape index (κ3) is 5.04. The Morgan fingerprint density at radius 1 is 1.23 bits per heavy atom. The first kappa shape index (κ1) is 20.9. The van der Waals surface area contributed by atoms with Crippen LogP contribution < -0.4 is 9.64 Å². The van der Waals surface area contributed by atoms with E-state index in [4.69, 9.17) is 21.4 Å². The van der Waals surface area contributed by atoms with Crippen LogP contribution in [0, 0.1) is 17.8 Å². The fraction of sp³-hybridized carbons (Fsp3) is 0.522. The SMILES string of the molecule is C[C@H](CCOc1ccc(C2CC2C(=O)O)cc1)C1CCN(c2ncc(Cl)cn2)CC1. The van der Waals surface area contributed by atoms with Gasteiger partial charge in [0.25, 0.3) is 0 Å². The smallest absolute Gasteiger partial charge is 0.307 e. The number of ether oxygens (including phenoxy) is 1. The van der Waals surface area contributed by atoms with E-state index in [0.717, 1.165) is 56.0 Å². The van der Waals surface area contributed by atoms with Crippen molar-refractivity contribution in [3.8, 4) is 5.75 Å². The van der Waals surface area contributed by atoms with Gasteiger partial charge in [0.15, 0.2) is 0 Å². The fourth-order valence-corrected chi connectivity index (χ4v) is 4.48. The molecular weight excluding hydrogens is 402 g/mol. The molecule has 0 bridgehead atoms. The first-order valence-corrected chi connectivity index (χ1v) is 11.1. The van der Waals surface area contributed by atoms with Gasteiger partial charge in [-0.3, -0.25) is 4.79 Å². The monoisotopic (exact) mass is 429 g/mol. The summed E-state index contributed by atoms with van der Waals surface area (Å²) in [6, 6.07) is 7.92. The first-order valence-electron chi connectivity index (χ1n) is 10.7. The third-order valence-electron chi connectivity index (χ3n) is 6.49. The van der Waals surface area contributed by atoms with E-state index in [1.807, 2.05) is 24.3 Å². The number of nitrogens with zero attached hydrogens (tertiary/aromatic N) is 3. The lowest BCUT2D eigenvalue weighted by Gasteiger charge is -2.34. The number of hydrogen-bond acceptors (Lipinski definition) is 5. The molecule has 1 aromatic carbocycles. The van der Waals surface area contributed by atoms with Crippen LogP contribution in [0.4, 0.5) is 5.95 Å². The van der Waals surface area contributed by atoms with Crippen molar-refractivity contribution in [2.45, 2.75) is 38.5 Å². The van der Waals surface area contributed by atoms with Gasteiger partial charge in [0.1, 0.15) is 5.75 Å². The summed E-state index contributed by atoms with van der Waals surface area (Å²) < 4.78 is 5.94. The zero-order valence-electron chi connectivity index (χ0n) is 17.2. The van der Waals surface area contributed by atoms with Crippen molar-refractivity contribution in [2.75, 3.05) is 24.6 Å². The molecule has 1 aliphatic heterocycles. The van der Waals surface area contributed by atoms with Crippen LogP contribution in [0.1, 0.15) is 44.1 Å². The number of carboxylic acids is 1. The average Bonchev–Trinajstić information content (AvgIpc) is 3.56. The maximum absolute atomic E-state index is 11.0. The molecule has 1 N–H and O–H groups in total. The van der Waals surface area contributed by atoms with Gasteiger partial charge in [-0.15, -0.1) is 0 Å². The van der Waals surface area contributed by atoms with E-state index in [9.17, 15) is 4.79 Å². The fourth-order valence-electron chi connectivity index (χ4n) is 4.38. The number of aliphatic carboxylic acids is 1. The Hall–Kier alpha value is -2.34. The molecule has 2 aromatic rings. The summed E-state index contributed by atoms with van der Waals surface area (Å²) in [5, 5.41) is 9.62. The summed E-state index contributed by atoms with van der Waals surface area (Å²) in [6.07, 6.45) is 7.33. The second-order valence-corrected chi connectivity index (χ2v) is 8.93. The van der Waals surface area contributed by atoms with E-state index < -0.39 is 5.97 Å². The normalized spacial score (nSPS) is 22.5. The minimum atomic E-state index is -0.694. The minimum absolute atomic E-state index is 0.167. The van der Waals surface area contributed by atoms with Crippen molar-refractivity contribution >= 4 is 23.5 Å². The zero-order chi connectivity index (χ0) is 21.1. The number of carbonyl (C=O) groups is 1. The summed E-state index contributed by atoms with van der Waals surface area (Å²) in [5.74, 6) is 2.16. The van der Waals surface area contributed by atoms with E-state index in [-0.39, 0.29) is 11.8 Å². The van der Waals surface area contributed by atoms with E-state index in [1.54, 1.807) is 12.4 Å². The second-order valence-electron chi connectivity index (χ2n) is 8.50. The van der Waals surface area contributed by atoms with Crippen LogP contribution in [0.25, 0.3) is 0 Å². The van der Waals surface area contributed by atoms with Crippen LogP contribution in [-0.2, 0) is 4.79 Å². The molecule has 2 unspecified atom stereocenters. The lowest BCUT2D eigenvalue weighted by Crippen LogP contribution is -2.36. The highest BCUT2D eigenvalue weighted by Gasteiger charge is 2.44. The average molecular weight is 430 g/mol. The predicted octanol–water partition coefficient (Wildman–Crippen LogP) is 4.64. The van der Waals surface area contributed by atoms with Crippen LogP contribution in [0.3, 0.4) is 0 Å². The Bertz CT molecular complexity index is 851. The quantitative estimate of drug-likeness (QED) is 0.658. The van der Waals surface area contributed by atoms with Crippen LogP contribution in [0.5, 0.6) is 5.75 Å². The number of hydrogen-bond donors (Lipinski definition) is 1. The van der Waals surface area contributed by atoms with Gasteiger partial charge >= 0.3 is 5.97 Å². The van der Waals surface area contributed by atoms with Gasteiger partial charge in [-0.1, -0.05) is 30.7 Å². The molecule has 0 spiro atoms. The van der Waals surface area contributed by atoms with Crippen molar-refractivity contribution in [3.05, 3.63) is 47.2 Å². The van der Waals surface area contributed by atoms with Crippen LogP contribution in [0.2, 0.25) is 5.02 Å². The number of benzene rings is 1. The van der Waals surface area contributed by atoms with Gasteiger partial charge < -0.3 is 14.7 Å². The number of piperidine rings is 1. The lowest BCUT2D eigenvalue weighted by atomic mass is 9.84. The lowest BCUT2D eigenvalue weighted by molar-refractivity contribution is -0.138. The molecule has 1 aromatic heterocycles. The molecule has 2 heterocycles. The van der Waals surface area contributed by atoms with Crippen LogP contribution in [-0.4, -0.2) is 40.7 Å². The third-order valence-corrected chi connectivity index (χ3v) is 6.69. The molecule has 0 radical (unpaired) electrons. The Balaban J connectivity index is 1.18. The van der Waals surface area contributed by atoms with E-state index >= 15 is 0 Å². The summed E-state index contributed by atoms with van der Waals surface area (Å²) in [4.78, 5) is 21.9. The maximum Gasteiger partial charge on any atom is 0.307 e. The Morgan fingerprint density at radius 2 is 1.90 bits per heavy atom. The molecule has 2 fully saturated rings. The minimum Gasteiger partial charge on any atom is -0.494 e. The highest BCUT2D eigenvalue weighted by atomic mass is 35.5. The Morgan fingerprint density at radius 3 is 2.50 bits per heavy atom. The summed E-state index contributed by atoms with van der Waals surface area (Å²) in [5.41, 5.74) is 1.10. The van der Waals surface area contributed by atoms with Gasteiger partial charge in [-0.2, -0.15) is 0 Å². The van der Waals surface area contributed by atoms with Crippen LogP contribution >= 0.6 is 11.6 Å². The van der Waals surface area contributed by atoms with E-state index in [0.29, 0.717) is 23.5 Å². The summed E-state index contributed by atoms with van der Waals surface area (Å²) >= 11 is 5.87. The van der Waals surface area contributed by atoms with E-state index in [2.05, 4.69) is 21.8 Å². The van der Waals surface area contributed by atoms with Crippen LogP contribution in [0.15, 0.2) is 36.7 Å². The number of aromatic nitrogens is 2. The maximum atomic E-state index is 11.0. The van der Waals surface area contributed by atoms with Gasteiger partial charge in [-0.25, -0.2) is 9.97 Å². The van der Waals surface area contributed by atoms with Crippen molar-refractivity contribution in [2.24, 2.45) is 17.8 Å². The van der Waals surface area contributed by atoms with Gasteiger partial charge in [0, 0.05) is 13.1 Å². The highest BCUT2D eigenvalue weighted by Crippen LogP contribution is 2.47. The number of rotatable bonds is 8. The van der Waals surface area contributed by atoms with Crippen molar-refractivity contribution in [1.82, 2.24) is 9.97 Å². The molecule has 1 aliphatic carbocycles. The second kappa shape index (κ2) is 9.21. The number of carboxylic acid groups (broad SMARTS) is 1. The largest absolute Gasteiger partial charge is 0.494 e. The predicted molar refractivity (Wildman–Crippen MR) is 116 cm³/mol. The Labute approximate surface area is 182 Å². The number of anilines is 1. The molecule has 6 nitrogen and oxygen atoms in total. The molecule has 4 rings (SSSR count). The molecule has 160 valence electrons. The molecule has 3 atom stereocenters. The molecule has 0 amide bonds. The van der Waals surface area contributed by atoms with Gasteiger partial charge in [0.05, 0.1) is 29.9 Å². The molecule has 30 heavy (non-hydrogen) atoms. The van der Waals surface area contributed by atoms with Crippen molar-refractivity contribution in [3.63, 3.8) is 0 Å². The molecule has 1 saturated carbocycles. The van der Waals surface area contributed by atoms with Crippen molar-refractivity contribution in [1.29, 1.82) is 0 Å².